The van der Waals surface area contributed by atoms with Gasteiger partial charge in [-0.05, 0) is 111 Å². The van der Waals surface area contributed by atoms with Gasteiger partial charge in [-0.25, -0.2) is 0 Å². The quantitative estimate of drug-likeness (QED) is 0.175. The number of nitrogens with zero attached hydrogens (tertiary/aromatic N) is 2. The van der Waals surface area contributed by atoms with E-state index in [1.165, 1.54) is 76.5 Å². The number of ether oxygens (including phenoxy) is 1. The van der Waals surface area contributed by atoms with Crippen LogP contribution < -0.4 is 4.74 Å². The molecular weight excluding hydrogens is 717 g/mol. The second kappa shape index (κ2) is 12.3. The van der Waals surface area contributed by atoms with Gasteiger partial charge >= 0.3 is 0 Å². The molecule has 0 fully saturated rings. The zero-order chi connectivity index (χ0) is 38.6. The molecule has 0 atom stereocenters. The van der Waals surface area contributed by atoms with Crippen LogP contribution in [0.5, 0.6) is 11.5 Å². The summed E-state index contributed by atoms with van der Waals surface area (Å²) in [6.07, 6.45) is 0. The van der Waals surface area contributed by atoms with E-state index < -0.39 is 0 Å². The van der Waals surface area contributed by atoms with Crippen molar-refractivity contribution < 1.29 is 4.74 Å². The molecule has 0 aliphatic carbocycles. The van der Waals surface area contributed by atoms with E-state index in [2.05, 4.69) is 215 Å². The summed E-state index contributed by atoms with van der Waals surface area (Å²) in [5, 5.41) is 9.73. The van der Waals surface area contributed by atoms with E-state index >= 15 is 0 Å². The fourth-order valence-corrected chi connectivity index (χ4v) is 9.87. The molecule has 3 heteroatoms. The van der Waals surface area contributed by atoms with Crippen molar-refractivity contribution in [2.24, 2.45) is 0 Å². The molecule has 3 heterocycles. The minimum Gasteiger partial charge on any atom is -0.456 e. The molecule has 0 N–H and O–H groups in total. The largest absolute Gasteiger partial charge is 0.456 e. The lowest BCUT2D eigenvalue weighted by Gasteiger charge is -2.23. The summed E-state index contributed by atoms with van der Waals surface area (Å²) in [6, 6.07) is 74.9. The smallest absolute Gasteiger partial charge is 0.135 e. The molecule has 0 spiro atoms. The van der Waals surface area contributed by atoms with Crippen LogP contribution in [0.4, 0.5) is 0 Å². The van der Waals surface area contributed by atoms with Crippen molar-refractivity contribution in [1.29, 1.82) is 0 Å². The lowest BCUT2D eigenvalue weighted by Crippen LogP contribution is -2.00. The highest BCUT2D eigenvalue weighted by Crippen LogP contribution is 2.51. The molecule has 0 unspecified atom stereocenters. The summed E-state index contributed by atoms with van der Waals surface area (Å²) in [5.74, 6) is 1.75. The Morgan fingerprint density at radius 3 is 1.81 bits per heavy atom. The normalized spacial score (nSPS) is 12.2. The Morgan fingerprint density at radius 1 is 0.305 bits per heavy atom. The summed E-state index contributed by atoms with van der Waals surface area (Å²) in [5.41, 5.74) is 14.0. The molecule has 1 aliphatic heterocycles. The molecule has 0 radical (unpaired) electrons. The van der Waals surface area contributed by atoms with Crippen LogP contribution >= 0.6 is 0 Å². The highest BCUT2D eigenvalue weighted by Gasteiger charge is 2.25. The lowest BCUT2D eigenvalue weighted by atomic mass is 9.90. The van der Waals surface area contributed by atoms with Gasteiger partial charge in [0.1, 0.15) is 11.5 Å². The SMILES string of the molecule is c1ccc(-c2ccc3c(c2)c2ccccc2n3-c2cc(-c3ccc4c(c3)Oc3cccc5c3c-4cc3c5c4ccccc4n3-c3ccccc3)cc3ccccc23)cc1. The molecule has 10 aromatic carbocycles. The second-order valence-electron chi connectivity index (χ2n) is 15.7. The van der Waals surface area contributed by atoms with Crippen molar-refractivity contribution in [2.75, 3.05) is 0 Å². The summed E-state index contributed by atoms with van der Waals surface area (Å²) in [4.78, 5) is 0. The van der Waals surface area contributed by atoms with Crippen LogP contribution in [-0.2, 0) is 0 Å². The van der Waals surface area contributed by atoms with Crippen LogP contribution in [0, 0.1) is 0 Å². The Balaban J connectivity index is 1.02. The number of aromatic nitrogens is 2. The average Bonchev–Trinajstić information content (AvgIpc) is 3.81. The third-order valence-corrected chi connectivity index (χ3v) is 12.5. The Hall–Kier alpha value is -7.88. The molecule has 3 nitrogen and oxygen atoms in total. The van der Waals surface area contributed by atoms with Gasteiger partial charge in [0.05, 0.1) is 27.8 Å². The van der Waals surface area contributed by atoms with Gasteiger partial charge in [0.25, 0.3) is 0 Å². The first-order valence-corrected chi connectivity index (χ1v) is 20.3. The maximum absolute atomic E-state index is 6.91. The predicted octanol–water partition coefficient (Wildman–Crippen LogP) is 15.3. The number of hydrogen-bond donors (Lipinski definition) is 0. The number of benzene rings is 10. The molecule has 2 aromatic heterocycles. The van der Waals surface area contributed by atoms with Crippen molar-refractivity contribution in [1.82, 2.24) is 9.13 Å². The van der Waals surface area contributed by atoms with Crippen molar-refractivity contribution in [2.45, 2.75) is 0 Å². The lowest BCUT2D eigenvalue weighted by molar-refractivity contribution is 0.487. The zero-order valence-electron chi connectivity index (χ0n) is 31.9. The summed E-state index contributed by atoms with van der Waals surface area (Å²) < 4.78 is 11.8. The van der Waals surface area contributed by atoms with Gasteiger partial charge in [-0.1, -0.05) is 133 Å². The zero-order valence-corrected chi connectivity index (χ0v) is 31.9. The predicted molar refractivity (Wildman–Crippen MR) is 247 cm³/mol. The Bertz CT molecular complexity index is 3690. The molecule has 0 bridgehead atoms. The first-order chi connectivity index (χ1) is 29.3. The number of fused-ring (bicyclic) bond motifs is 10. The summed E-state index contributed by atoms with van der Waals surface area (Å²) >= 11 is 0. The highest BCUT2D eigenvalue weighted by atomic mass is 16.5. The van der Waals surface area contributed by atoms with Crippen LogP contribution in [-0.4, -0.2) is 9.13 Å². The van der Waals surface area contributed by atoms with Gasteiger partial charge in [-0.3, -0.25) is 0 Å². The fraction of sp³-hybridized carbons (Fsp3) is 0. The number of rotatable bonds is 4. The molecule has 274 valence electrons. The van der Waals surface area contributed by atoms with E-state index in [0.717, 1.165) is 45.0 Å². The Morgan fingerprint density at radius 2 is 0.966 bits per heavy atom. The Kier molecular flexibility index (Phi) is 6.72. The minimum atomic E-state index is 0.865. The fourth-order valence-electron chi connectivity index (χ4n) is 9.87. The van der Waals surface area contributed by atoms with Crippen LogP contribution in [0.2, 0.25) is 0 Å². The molecule has 0 saturated carbocycles. The molecule has 13 rings (SSSR count). The standard InChI is InChI=1S/C56H34N2O/c1-3-14-35(15-4-1)36-27-29-50-46(31-36)42-20-9-11-23-48(42)58(50)51-32-39(30-38-16-7-8-19-41(38)51)37-26-28-43-47-34-52-55(45-22-13-25-53(56(45)47)59-54(43)33-37)44-21-10-12-24-49(44)57(52)40-17-5-2-6-18-40/h1-34H. The summed E-state index contributed by atoms with van der Waals surface area (Å²) in [7, 11) is 0. The van der Waals surface area contributed by atoms with Crippen LogP contribution in [0.1, 0.15) is 0 Å². The van der Waals surface area contributed by atoms with E-state index in [0.29, 0.717) is 0 Å². The Labute approximate surface area is 340 Å². The number of para-hydroxylation sites is 3. The molecule has 0 amide bonds. The van der Waals surface area contributed by atoms with Gasteiger partial charge in [-0.15, -0.1) is 0 Å². The van der Waals surface area contributed by atoms with Crippen molar-refractivity contribution in [3.8, 4) is 56.3 Å². The van der Waals surface area contributed by atoms with Crippen LogP contribution in [0.3, 0.4) is 0 Å². The molecule has 59 heavy (non-hydrogen) atoms. The minimum absolute atomic E-state index is 0.865. The van der Waals surface area contributed by atoms with Gasteiger partial charge < -0.3 is 13.9 Å². The monoisotopic (exact) mass is 750 g/mol. The van der Waals surface area contributed by atoms with Gasteiger partial charge in [-0.2, -0.15) is 0 Å². The first kappa shape index (κ1) is 32.2. The molecule has 12 aromatic rings. The van der Waals surface area contributed by atoms with E-state index in [1.807, 2.05) is 0 Å². The van der Waals surface area contributed by atoms with Crippen LogP contribution in [0.25, 0.3) is 110 Å². The van der Waals surface area contributed by atoms with E-state index in [-0.39, 0.29) is 0 Å². The van der Waals surface area contributed by atoms with Crippen molar-refractivity contribution >= 4 is 65.2 Å². The maximum Gasteiger partial charge on any atom is 0.135 e. The highest BCUT2D eigenvalue weighted by molar-refractivity contribution is 6.26. The first-order valence-electron chi connectivity index (χ1n) is 20.3. The molecular formula is C56H34N2O. The van der Waals surface area contributed by atoms with Crippen LogP contribution in [0.15, 0.2) is 206 Å². The van der Waals surface area contributed by atoms with Crippen molar-refractivity contribution in [3.63, 3.8) is 0 Å². The second-order valence-corrected chi connectivity index (χ2v) is 15.7. The van der Waals surface area contributed by atoms with Gasteiger partial charge in [0.15, 0.2) is 0 Å². The third-order valence-electron chi connectivity index (χ3n) is 12.5. The van der Waals surface area contributed by atoms with E-state index in [9.17, 15) is 0 Å². The van der Waals surface area contributed by atoms with Crippen molar-refractivity contribution in [3.05, 3.63) is 206 Å². The van der Waals surface area contributed by atoms with E-state index in [1.54, 1.807) is 0 Å². The topological polar surface area (TPSA) is 19.1 Å². The van der Waals surface area contributed by atoms with Gasteiger partial charge in [0, 0.05) is 43.6 Å². The average molecular weight is 751 g/mol. The third kappa shape index (κ3) is 4.70. The maximum atomic E-state index is 6.91. The molecule has 0 saturated heterocycles. The van der Waals surface area contributed by atoms with Gasteiger partial charge in [0.2, 0.25) is 0 Å². The summed E-state index contributed by atoms with van der Waals surface area (Å²) in [6.45, 7) is 0. The molecule has 1 aliphatic rings. The number of hydrogen-bond acceptors (Lipinski definition) is 1. The van der Waals surface area contributed by atoms with E-state index in [4.69, 9.17) is 4.74 Å².